The van der Waals surface area contributed by atoms with E-state index in [4.69, 9.17) is 39.5 Å². The van der Waals surface area contributed by atoms with Crippen LogP contribution in [-0.2, 0) is 0 Å². The van der Waals surface area contributed by atoms with Gasteiger partial charge in [-0.05, 0) is 29.8 Å². The highest BCUT2D eigenvalue weighted by Crippen LogP contribution is 2.30. The molecule has 0 unspecified atom stereocenters. The summed E-state index contributed by atoms with van der Waals surface area (Å²) in [6.07, 6.45) is 1.49. The van der Waals surface area contributed by atoms with Gasteiger partial charge in [-0.25, -0.2) is 4.98 Å². The minimum absolute atomic E-state index is 0.114. The molecular weight excluding hydrogens is 270 g/mol. The topological polar surface area (TPSA) is 35.0 Å². The van der Waals surface area contributed by atoms with Crippen molar-refractivity contribution in [2.75, 3.05) is 0 Å². The van der Waals surface area contributed by atoms with Crippen LogP contribution in [0.3, 0.4) is 0 Å². The molecule has 0 aliphatic carbocycles. The highest BCUT2D eigenvalue weighted by atomic mass is 35.5. The zero-order chi connectivity index (χ0) is 11.5. The maximum Gasteiger partial charge on any atom is 0.225 e. The molecule has 3 nitrogen and oxygen atoms in total. The summed E-state index contributed by atoms with van der Waals surface area (Å²) < 4.78 is 5.42. The van der Waals surface area contributed by atoms with Gasteiger partial charge in [-0.3, -0.25) is 0 Å². The summed E-state index contributed by atoms with van der Waals surface area (Å²) in [5.41, 5.74) is 0. The third-order valence-electron chi connectivity index (χ3n) is 1.71. The number of rotatable bonds is 2. The second-order valence-corrected chi connectivity index (χ2v) is 4.02. The molecule has 0 fully saturated rings. The Morgan fingerprint density at radius 1 is 1.06 bits per heavy atom. The van der Waals surface area contributed by atoms with E-state index in [2.05, 4.69) is 9.97 Å². The van der Waals surface area contributed by atoms with Crippen LogP contribution >= 0.6 is 34.8 Å². The lowest BCUT2D eigenvalue weighted by Gasteiger charge is -2.06. The predicted molar refractivity (Wildman–Crippen MR) is 63.6 cm³/mol. The van der Waals surface area contributed by atoms with Gasteiger partial charge in [0.25, 0.3) is 0 Å². The standard InChI is InChI=1S/C10H5Cl3N2O/c11-6-1-2-8(7(12)5-6)16-9-3-4-14-10(13)15-9/h1-5H. The van der Waals surface area contributed by atoms with Gasteiger partial charge < -0.3 is 4.74 Å². The van der Waals surface area contributed by atoms with Gasteiger partial charge in [0, 0.05) is 17.3 Å². The van der Waals surface area contributed by atoms with E-state index in [9.17, 15) is 0 Å². The van der Waals surface area contributed by atoms with Crippen molar-refractivity contribution >= 4 is 34.8 Å². The third-order valence-corrected chi connectivity index (χ3v) is 2.42. The van der Waals surface area contributed by atoms with E-state index in [1.54, 1.807) is 24.3 Å². The van der Waals surface area contributed by atoms with E-state index in [0.717, 1.165) is 0 Å². The van der Waals surface area contributed by atoms with Crippen LogP contribution in [0, 0.1) is 0 Å². The highest BCUT2D eigenvalue weighted by Gasteiger charge is 2.05. The van der Waals surface area contributed by atoms with Gasteiger partial charge in [0.1, 0.15) is 5.75 Å². The minimum Gasteiger partial charge on any atom is -0.437 e. The number of hydrogen-bond donors (Lipinski definition) is 0. The van der Waals surface area contributed by atoms with E-state index in [1.807, 2.05) is 0 Å². The Balaban J connectivity index is 2.27. The molecule has 2 rings (SSSR count). The highest BCUT2D eigenvalue weighted by molar-refractivity contribution is 6.35. The van der Waals surface area contributed by atoms with Crippen LogP contribution in [0.15, 0.2) is 30.5 Å². The lowest BCUT2D eigenvalue weighted by molar-refractivity contribution is 0.462. The predicted octanol–water partition coefficient (Wildman–Crippen LogP) is 4.23. The van der Waals surface area contributed by atoms with Crippen molar-refractivity contribution in [3.05, 3.63) is 45.8 Å². The second-order valence-electron chi connectivity index (χ2n) is 2.84. The second kappa shape index (κ2) is 4.87. The molecule has 1 heterocycles. The summed E-state index contributed by atoms with van der Waals surface area (Å²) in [4.78, 5) is 7.61. The summed E-state index contributed by atoms with van der Waals surface area (Å²) in [6.45, 7) is 0. The summed E-state index contributed by atoms with van der Waals surface area (Å²) in [5.74, 6) is 0.782. The molecule has 6 heteroatoms. The number of halogens is 3. The summed E-state index contributed by atoms with van der Waals surface area (Å²) in [6, 6.07) is 6.49. The van der Waals surface area contributed by atoms with E-state index < -0.39 is 0 Å². The first-order valence-corrected chi connectivity index (χ1v) is 5.40. The molecule has 2 aromatic rings. The third kappa shape index (κ3) is 2.76. The molecule has 1 aromatic heterocycles. The SMILES string of the molecule is Clc1ccc(Oc2ccnc(Cl)n2)c(Cl)c1. The Hall–Kier alpha value is -1.03. The number of aromatic nitrogens is 2. The molecule has 0 atom stereocenters. The fourth-order valence-corrected chi connectivity index (χ4v) is 1.63. The first-order chi connectivity index (χ1) is 7.65. The molecule has 0 aliphatic heterocycles. The number of hydrogen-bond acceptors (Lipinski definition) is 3. The average Bonchev–Trinajstić information content (AvgIpc) is 2.22. The molecule has 0 N–H and O–H groups in total. The quantitative estimate of drug-likeness (QED) is 0.769. The molecule has 0 saturated carbocycles. The zero-order valence-electron chi connectivity index (χ0n) is 7.82. The van der Waals surface area contributed by atoms with Crippen molar-refractivity contribution in [3.8, 4) is 11.6 Å². The fraction of sp³-hybridized carbons (Fsp3) is 0. The smallest absolute Gasteiger partial charge is 0.225 e. The number of ether oxygens (including phenoxy) is 1. The van der Waals surface area contributed by atoms with E-state index in [-0.39, 0.29) is 5.28 Å². The molecule has 0 radical (unpaired) electrons. The fourth-order valence-electron chi connectivity index (χ4n) is 1.05. The molecule has 0 bridgehead atoms. The van der Waals surface area contributed by atoms with Crippen molar-refractivity contribution in [2.45, 2.75) is 0 Å². The van der Waals surface area contributed by atoms with Gasteiger partial charge >= 0.3 is 0 Å². The Morgan fingerprint density at radius 3 is 2.56 bits per heavy atom. The Labute approximate surface area is 107 Å². The van der Waals surface area contributed by atoms with Gasteiger partial charge in [0.05, 0.1) is 5.02 Å². The summed E-state index contributed by atoms with van der Waals surface area (Å²) in [5, 5.41) is 1.06. The van der Waals surface area contributed by atoms with Crippen LogP contribution in [0.1, 0.15) is 0 Å². The molecular formula is C10H5Cl3N2O. The van der Waals surface area contributed by atoms with Crippen molar-refractivity contribution in [1.82, 2.24) is 9.97 Å². The lowest BCUT2D eigenvalue weighted by atomic mass is 10.3. The summed E-state index contributed by atoms with van der Waals surface area (Å²) >= 11 is 17.3. The van der Waals surface area contributed by atoms with Crippen LogP contribution in [0.4, 0.5) is 0 Å². The maximum atomic E-state index is 5.93. The van der Waals surface area contributed by atoms with Gasteiger partial charge in [-0.1, -0.05) is 23.2 Å². The molecule has 0 aliphatic rings. The van der Waals surface area contributed by atoms with Gasteiger partial charge in [-0.15, -0.1) is 0 Å². The summed E-state index contributed by atoms with van der Waals surface area (Å²) in [7, 11) is 0. The van der Waals surface area contributed by atoms with E-state index in [1.165, 1.54) is 6.20 Å². The number of nitrogens with zero attached hydrogens (tertiary/aromatic N) is 2. The first-order valence-electron chi connectivity index (χ1n) is 4.26. The van der Waals surface area contributed by atoms with Crippen LogP contribution < -0.4 is 4.74 Å². The van der Waals surface area contributed by atoms with Gasteiger partial charge in [-0.2, -0.15) is 4.98 Å². The lowest BCUT2D eigenvalue weighted by Crippen LogP contribution is -1.90. The van der Waals surface area contributed by atoms with Crippen molar-refractivity contribution in [3.63, 3.8) is 0 Å². The Bertz CT molecular complexity index is 519. The van der Waals surface area contributed by atoms with E-state index >= 15 is 0 Å². The molecule has 0 spiro atoms. The molecule has 82 valence electrons. The zero-order valence-corrected chi connectivity index (χ0v) is 10.1. The normalized spacial score (nSPS) is 10.2. The van der Waals surface area contributed by atoms with Crippen LogP contribution in [-0.4, -0.2) is 9.97 Å². The van der Waals surface area contributed by atoms with Crippen LogP contribution in [0.2, 0.25) is 15.3 Å². The van der Waals surface area contributed by atoms with E-state index in [0.29, 0.717) is 21.7 Å². The molecule has 0 saturated heterocycles. The Kier molecular flexibility index (Phi) is 3.49. The van der Waals surface area contributed by atoms with Gasteiger partial charge in [0.2, 0.25) is 11.2 Å². The monoisotopic (exact) mass is 274 g/mol. The Morgan fingerprint density at radius 2 is 1.88 bits per heavy atom. The average molecular weight is 276 g/mol. The van der Waals surface area contributed by atoms with Crippen LogP contribution in [0.5, 0.6) is 11.6 Å². The maximum absolute atomic E-state index is 5.93. The largest absolute Gasteiger partial charge is 0.437 e. The van der Waals surface area contributed by atoms with Crippen LogP contribution in [0.25, 0.3) is 0 Å². The van der Waals surface area contributed by atoms with Gasteiger partial charge in [0.15, 0.2) is 0 Å². The van der Waals surface area contributed by atoms with Crippen molar-refractivity contribution in [2.24, 2.45) is 0 Å². The van der Waals surface area contributed by atoms with Crippen molar-refractivity contribution < 1.29 is 4.74 Å². The van der Waals surface area contributed by atoms with Crippen molar-refractivity contribution in [1.29, 1.82) is 0 Å². The number of benzene rings is 1. The molecule has 16 heavy (non-hydrogen) atoms. The first kappa shape index (κ1) is 11.5. The minimum atomic E-state index is 0.114. The molecule has 1 aromatic carbocycles. The molecule has 0 amide bonds.